The lowest BCUT2D eigenvalue weighted by molar-refractivity contribution is -0.126. The molecule has 30 heavy (non-hydrogen) atoms. The highest BCUT2D eigenvalue weighted by molar-refractivity contribution is 7.98. The number of amides is 2. The normalized spacial score (nSPS) is 11.6. The third-order valence-electron chi connectivity index (χ3n) is 4.66. The Labute approximate surface area is 181 Å². The first-order valence-corrected chi connectivity index (χ1v) is 10.7. The molecule has 0 bridgehead atoms. The van der Waals surface area contributed by atoms with Gasteiger partial charge in [-0.2, -0.15) is 0 Å². The lowest BCUT2D eigenvalue weighted by Crippen LogP contribution is -2.45. The molecule has 2 aromatic carbocycles. The smallest absolute Gasteiger partial charge is 0.337 e. The van der Waals surface area contributed by atoms with Crippen molar-refractivity contribution in [2.45, 2.75) is 24.4 Å². The Morgan fingerprint density at radius 2 is 1.77 bits per heavy atom. The number of ether oxygens (including phenoxy) is 1. The molecule has 0 saturated carbocycles. The number of benzene rings is 2. The van der Waals surface area contributed by atoms with Crippen molar-refractivity contribution in [2.75, 3.05) is 32.3 Å². The zero-order valence-corrected chi connectivity index (χ0v) is 18.4. The summed E-state index contributed by atoms with van der Waals surface area (Å²) in [5.41, 5.74) is 2.07. The van der Waals surface area contributed by atoms with E-state index in [-0.39, 0.29) is 18.4 Å². The molecule has 0 aromatic heterocycles. The van der Waals surface area contributed by atoms with Gasteiger partial charge in [-0.05, 0) is 50.1 Å². The van der Waals surface area contributed by atoms with Crippen molar-refractivity contribution >= 4 is 35.2 Å². The minimum absolute atomic E-state index is 0.0884. The van der Waals surface area contributed by atoms with E-state index in [1.807, 2.05) is 30.5 Å². The number of para-hydroxylation sites is 1. The number of likely N-dealkylation sites (N-methyl/N-ethyl adjacent to an activating group) is 1. The maximum Gasteiger partial charge on any atom is 0.337 e. The molecular formula is C22H27N3O4S. The highest BCUT2D eigenvalue weighted by atomic mass is 32.2. The van der Waals surface area contributed by atoms with Gasteiger partial charge in [-0.3, -0.25) is 14.5 Å². The van der Waals surface area contributed by atoms with Crippen LogP contribution in [-0.4, -0.2) is 55.7 Å². The molecule has 0 aliphatic heterocycles. The number of carbonyl (C=O) groups is 3. The van der Waals surface area contributed by atoms with Crippen LogP contribution in [0.3, 0.4) is 0 Å². The van der Waals surface area contributed by atoms with Gasteiger partial charge >= 0.3 is 5.97 Å². The molecule has 0 aliphatic rings. The molecule has 0 fully saturated rings. The van der Waals surface area contributed by atoms with E-state index in [0.29, 0.717) is 12.1 Å². The van der Waals surface area contributed by atoms with Crippen LogP contribution in [0.25, 0.3) is 0 Å². The van der Waals surface area contributed by atoms with Crippen LogP contribution in [0.5, 0.6) is 0 Å². The SMILES string of the molecule is COC(=O)c1ccc(CNC(=O)C(C)N(C)CC(=O)Nc2ccccc2SC)cc1. The summed E-state index contributed by atoms with van der Waals surface area (Å²) < 4.78 is 4.67. The van der Waals surface area contributed by atoms with Crippen LogP contribution in [-0.2, 0) is 20.9 Å². The Morgan fingerprint density at radius 3 is 2.40 bits per heavy atom. The molecule has 2 rings (SSSR count). The van der Waals surface area contributed by atoms with Gasteiger partial charge in [0.15, 0.2) is 0 Å². The maximum absolute atomic E-state index is 12.5. The molecule has 2 aromatic rings. The molecule has 160 valence electrons. The van der Waals surface area contributed by atoms with Crippen LogP contribution in [0.4, 0.5) is 5.69 Å². The first-order valence-electron chi connectivity index (χ1n) is 9.43. The van der Waals surface area contributed by atoms with Gasteiger partial charge < -0.3 is 15.4 Å². The second-order valence-corrected chi connectivity index (χ2v) is 7.59. The number of hydrogen-bond acceptors (Lipinski definition) is 6. The number of rotatable bonds is 9. The molecule has 0 aliphatic carbocycles. The number of hydrogen-bond donors (Lipinski definition) is 2. The third kappa shape index (κ3) is 6.60. The van der Waals surface area contributed by atoms with E-state index in [1.165, 1.54) is 7.11 Å². The van der Waals surface area contributed by atoms with E-state index in [9.17, 15) is 14.4 Å². The van der Waals surface area contributed by atoms with E-state index in [1.54, 1.807) is 54.9 Å². The summed E-state index contributed by atoms with van der Waals surface area (Å²) in [5.74, 6) is -0.775. The second kappa shape index (κ2) is 11.4. The molecule has 2 amide bonds. The molecule has 0 radical (unpaired) electrons. The van der Waals surface area contributed by atoms with E-state index in [2.05, 4.69) is 15.4 Å². The highest BCUT2D eigenvalue weighted by Crippen LogP contribution is 2.24. The summed E-state index contributed by atoms with van der Waals surface area (Å²) in [7, 11) is 3.06. The van der Waals surface area contributed by atoms with Gasteiger partial charge in [0.1, 0.15) is 0 Å². The monoisotopic (exact) mass is 429 g/mol. The standard InChI is InChI=1S/C22H27N3O4S/c1-15(21(27)23-13-16-9-11-17(12-10-16)22(28)29-3)25(2)14-20(26)24-18-7-5-6-8-19(18)30-4/h5-12,15H,13-14H2,1-4H3,(H,23,27)(H,24,26). The number of anilines is 1. The van der Waals surface area contributed by atoms with Gasteiger partial charge in [0, 0.05) is 11.4 Å². The molecule has 0 spiro atoms. The average molecular weight is 430 g/mol. The van der Waals surface area contributed by atoms with Crippen LogP contribution in [0.2, 0.25) is 0 Å². The Balaban J connectivity index is 1.84. The van der Waals surface area contributed by atoms with Crippen molar-refractivity contribution in [2.24, 2.45) is 0 Å². The predicted molar refractivity (Wildman–Crippen MR) is 119 cm³/mol. The Bertz CT molecular complexity index is 886. The summed E-state index contributed by atoms with van der Waals surface area (Å²) in [6.07, 6.45) is 1.95. The molecule has 7 nitrogen and oxygen atoms in total. The lowest BCUT2D eigenvalue weighted by Gasteiger charge is -2.23. The van der Waals surface area contributed by atoms with Crippen LogP contribution in [0, 0.1) is 0 Å². The molecule has 2 N–H and O–H groups in total. The molecule has 0 saturated heterocycles. The van der Waals surface area contributed by atoms with Crippen molar-refractivity contribution in [1.82, 2.24) is 10.2 Å². The van der Waals surface area contributed by atoms with Crippen molar-refractivity contribution in [3.05, 3.63) is 59.7 Å². The summed E-state index contributed by atoms with van der Waals surface area (Å²) in [5, 5.41) is 5.74. The van der Waals surface area contributed by atoms with Crippen molar-refractivity contribution in [3.8, 4) is 0 Å². The maximum atomic E-state index is 12.5. The Hall–Kier alpha value is -2.84. The zero-order valence-electron chi connectivity index (χ0n) is 17.6. The van der Waals surface area contributed by atoms with E-state index in [4.69, 9.17) is 0 Å². The van der Waals surface area contributed by atoms with Gasteiger partial charge in [0.05, 0.1) is 30.9 Å². The van der Waals surface area contributed by atoms with Gasteiger partial charge in [0.2, 0.25) is 11.8 Å². The Morgan fingerprint density at radius 1 is 1.10 bits per heavy atom. The van der Waals surface area contributed by atoms with Crippen molar-refractivity contribution < 1.29 is 19.1 Å². The number of nitrogens with zero attached hydrogens (tertiary/aromatic N) is 1. The van der Waals surface area contributed by atoms with Gasteiger partial charge in [0.25, 0.3) is 0 Å². The molecule has 8 heteroatoms. The van der Waals surface area contributed by atoms with Crippen LogP contribution >= 0.6 is 11.8 Å². The molecular weight excluding hydrogens is 402 g/mol. The highest BCUT2D eigenvalue weighted by Gasteiger charge is 2.20. The molecule has 0 heterocycles. The van der Waals surface area contributed by atoms with E-state index in [0.717, 1.165) is 16.1 Å². The van der Waals surface area contributed by atoms with Crippen LogP contribution < -0.4 is 10.6 Å². The topological polar surface area (TPSA) is 87.7 Å². The van der Waals surface area contributed by atoms with Gasteiger partial charge in [-0.25, -0.2) is 4.79 Å². The first-order chi connectivity index (χ1) is 14.3. The van der Waals surface area contributed by atoms with Crippen molar-refractivity contribution in [3.63, 3.8) is 0 Å². The third-order valence-corrected chi connectivity index (χ3v) is 5.45. The van der Waals surface area contributed by atoms with Gasteiger partial charge in [-0.15, -0.1) is 11.8 Å². The fourth-order valence-electron chi connectivity index (χ4n) is 2.71. The summed E-state index contributed by atoms with van der Waals surface area (Å²) in [4.78, 5) is 39.0. The summed E-state index contributed by atoms with van der Waals surface area (Å²) in [6, 6.07) is 13.9. The minimum Gasteiger partial charge on any atom is -0.465 e. The minimum atomic E-state index is -0.485. The largest absolute Gasteiger partial charge is 0.465 e. The number of esters is 1. The number of thioether (sulfide) groups is 1. The predicted octanol–water partition coefficient (Wildman–Crippen LogP) is 2.77. The molecule has 1 unspecified atom stereocenters. The fourth-order valence-corrected chi connectivity index (χ4v) is 3.27. The summed E-state index contributed by atoms with van der Waals surface area (Å²) >= 11 is 1.56. The quantitative estimate of drug-likeness (QED) is 0.471. The lowest BCUT2D eigenvalue weighted by atomic mass is 10.1. The van der Waals surface area contributed by atoms with Crippen molar-refractivity contribution in [1.29, 1.82) is 0 Å². The second-order valence-electron chi connectivity index (χ2n) is 6.75. The Kier molecular flexibility index (Phi) is 8.89. The average Bonchev–Trinajstić information content (AvgIpc) is 2.76. The van der Waals surface area contributed by atoms with Gasteiger partial charge in [-0.1, -0.05) is 24.3 Å². The van der Waals surface area contributed by atoms with E-state index >= 15 is 0 Å². The van der Waals surface area contributed by atoms with E-state index < -0.39 is 12.0 Å². The number of carbonyl (C=O) groups excluding carboxylic acids is 3. The van der Waals surface area contributed by atoms with Crippen LogP contribution in [0.1, 0.15) is 22.8 Å². The summed E-state index contributed by atoms with van der Waals surface area (Å²) in [6.45, 7) is 2.16. The number of methoxy groups -OCH3 is 1. The van der Waals surface area contributed by atoms with Crippen LogP contribution in [0.15, 0.2) is 53.4 Å². The molecule has 1 atom stereocenters. The number of nitrogens with one attached hydrogen (secondary N) is 2. The zero-order chi connectivity index (χ0) is 22.1. The fraction of sp³-hybridized carbons (Fsp3) is 0.318. The first kappa shape index (κ1) is 23.4.